The molecule has 0 aliphatic rings. The minimum Gasteiger partial charge on any atom is -0.465 e. The highest BCUT2D eigenvalue weighted by molar-refractivity contribution is 7.52. The number of carbonyl (C=O) groups excluding carboxylic acids is 1. The topological polar surface area (TPSA) is 150 Å². The van der Waals surface area contributed by atoms with Crippen LogP contribution in [0.4, 0.5) is 0 Å². The van der Waals surface area contributed by atoms with Crippen LogP contribution in [0.5, 0.6) is 0 Å². The van der Waals surface area contributed by atoms with Gasteiger partial charge in [0.2, 0.25) is 5.91 Å². The van der Waals surface area contributed by atoms with Gasteiger partial charge in [-0.1, -0.05) is 24.3 Å². The highest BCUT2D eigenvalue weighted by atomic mass is 35.5. The maximum absolute atomic E-state index is 11.9. The first-order chi connectivity index (χ1) is 11.3. The number of rotatable bonds is 6. The molecule has 10 heteroatoms. The van der Waals surface area contributed by atoms with E-state index in [4.69, 9.17) is 15.6 Å². The summed E-state index contributed by atoms with van der Waals surface area (Å²) in [6.45, 7) is 0. The summed E-state index contributed by atoms with van der Waals surface area (Å²) in [4.78, 5) is 30.9. The molecular weight excluding hydrogens is 369 g/mol. The summed E-state index contributed by atoms with van der Waals surface area (Å²) < 4.78 is 16.7. The number of benzene rings is 1. The highest BCUT2D eigenvalue weighted by Gasteiger charge is 2.31. The normalized spacial score (nSPS) is 12.4. The molecule has 0 saturated carbocycles. The summed E-state index contributed by atoms with van der Waals surface area (Å²) in [5, 5.41) is 9.58. The molecule has 1 amide bonds. The minimum absolute atomic E-state index is 0. The molecule has 2 rings (SSSR count). The van der Waals surface area contributed by atoms with E-state index < -0.39 is 19.3 Å². The lowest BCUT2D eigenvalue weighted by molar-refractivity contribution is -0.116. The average molecular weight is 386 g/mol. The zero-order chi connectivity index (χ0) is 17.7. The molecule has 25 heavy (non-hydrogen) atoms. The highest BCUT2D eigenvalue weighted by Crippen LogP contribution is 2.49. The number of amides is 1. The summed E-state index contributed by atoms with van der Waals surface area (Å²) in [6, 6.07) is 8.97. The van der Waals surface area contributed by atoms with Gasteiger partial charge in [0.1, 0.15) is 11.6 Å². The van der Waals surface area contributed by atoms with Crippen LogP contribution in [-0.2, 0) is 9.36 Å². The van der Waals surface area contributed by atoms with E-state index in [1.54, 1.807) is 12.1 Å². The second kappa shape index (κ2) is 8.64. The van der Waals surface area contributed by atoms with Gasteiger partial charge in [0.05, 0.1) is 6.26 Å². The van der Waals surface area contributed by atoms with Crippen LogP contribution in [0.1, 0.15) is 22.7 Å². The van der Waals surface area contributed by atoms with Crippen molar-refractivity contribution in [2.75, 3.05) is 0 Å². The number of amidine groups is 1. The van der Waals surface area contributed by atoms with E-state index >= 15 is 0 Å². The fourth-order valence-electron chi connectivity index (χ4n) is 1.93. The molecule has 1 heterocycles. The van der Waals surface area contributed by atoms with Crippen molar-refractivity contribution in [3.05, 3.63) is 65.6 Å². The van der Waals surface area contributed by atoms with Crippen molar-refractivity contribution in [1.29, 1.82) is 5.41 Å². The van der Waals surface area contributed by atoms with E-state index in [0.29, 0.717) is 11.3 Å². The molecule has 0 radical (unpaired) electrons. The number of nitrogen functional groups attached to an aromatic ring is 1. The van der Waals surface area contributed by atoms with Gasteiger partial charge in [0.25, 0.3) is 0 Å². The largest absolute Gasteiger partial charge is 0.465 e. The molecule has 1 aromatic heterocycles. The van der Waals surface area contributed by atoms with Crippen LogP contribution in [0, 0.1) is 5.41 Å². The smallest absolute Gasteiger partial charge is 0.352 e. The van der Waals surface area contributed by atoms with Crippen LogP contribution in [0.25, 0.3) is 6.08 Å². The van der Waals surface area contributed by atoms with Gasteiger partial charge < -0.3 is 25.3 Å². The molecule has 0 bridgehead atoms. The molecule has 0 aliphatic heterocycles. The first-order valence-corrected chi connectivity index (χ1v) is 8.47. The summed E-state index contributed by atoms with van der Waals surface area (Å²) in [5.74, 6) is -1.92. The Morgan fingerprint density at radius 2 is 1.92 bits per heavy atom. The van der Waals surface area contributed by atoms with Crippen molar-refractivity contribution in [3.8, 4) is 0 Å². The number of furan rings is 1. The summed E-state index contributed by atoms with van der Waals surface area (Å²) in [5.41, 5.74) is 5.95. The minimum atomic E-state index is -4.65. The van der Waals surface area contributed by atoms with Gasteiger partial charge in [-0.2, -0.15) is 0 Å². The number of hydrogen-bond donors (Lipinski definition) is 5. The summed E-state index contributed by atoms with van der Waals surface area (Å²) in [6.07, 6.45) is 3.93. The standard InChI is InChI=1S/C15H16N3O5P.ClH/c16-14(17)10-3-5-11(6-4-10)15(24(20,21)22)18-13(19)8-7-12-2-1-9-23-12;/h1-9,15H,(H3,16,17)(H,18,19)(H2,20,21,22);1H/b8-7+;. The van der Waals surface area contributed by atoms with Gasteiger partial charge in [-0.25, -0.2) is 0 Å². The Kier molecular flexibility index (Phi) is 7.14. The van der Waals surface area contributed by atoms with Gasteiger partial charge in [-0.15, -0.1) is 12.4 Å². The number of carbonyl (C=O) groups is 1. The van der Waals surface area contributed by atoms with Crippen molar-refractivity contribution < 1.29 is 23.6 Å². The quantitative estimate of drug-likeness (QED) is 0.222. The molecule has 0 saturated heterocycles. The third-order valence-corrected chi connectivity index (χ3v) is 4.19. The van der Waals surface area contributed by atoms with Crippen LogP contribution >= 0.6 is 20.0 Å². The first-order valence-electron chi connectivity index (χ1n) is 6.79. The molecule has 1 aromatic carbocycles. The Hall–Kier alpha value is -2.38. The fraction of sp³-hybridized carbons (Fsp3) is 0.0667. The molecule has 8 nitrogen and oxygen atoms in total. The van der Waals surface area contributed by atoms with Crippen LogP contribution in [0.15, 0.2) is 53.2 Å². The third kappa shape index (κ3) is 5.88. The van der Waals surface area contributed by atoms with Crippen LogP contribution in [0.2, 0.25) is 0 Å². The van der Waals surface area contributed by atoms with Crippen molar-refractivity contribution in [1.82, 2.24) is 5.32 Å². The Morgan fingerprint density at radius 3 is 2.40 bits per heavy atom. The monoisotopic (exact) mass is 385 g/mol. The van der Waals surface area contributed by atoms with Gasteiger partial charge >= 0.3 is 7.60 Å². The average Bonchev–Trinajstić information content (AvgIpc) is 3.03. The molecule has 1 atom stereocenters. The molecule has 1 unspecified atom stereocenters. The van der Waals surface area contributed by atoms with E-state index in [2.05, 4.69) is 5.32 Å². The Labute approximate surface area is 149 Å². The molecule has 0 fully saturated rings. The first kappa shape index (κ1) is 20.7. The molecule has 6 N–H and O–H groups in total. The zero-order valence-corrected chi connectivity index (χ0v) is 14.5. The third-order valence-electron chi connectivity index (χ3n) is 3.09. The number of nitrogens with one attached hydrogen (secondary N) is 2. The zero-order valence-electron chi connectivity index (χ0n) is 12.8. The summed E-state index contributed by atoms with van der Waals surface area (Å²) >= 11 is 0. The van der Waals surface area contributed by atoms with Gasteiger partial charge in [-0.05, 0) is 23.8 Å². The van der Waals surface area contributed by atoms with Crippen LogP contribution in [0.3, 0.4) is 0 Å². The van der Waals surface area contributed by atoms with Crippen LogP contribution < -0.4 is 11.1 Å². The van der Waals surface area contributed by atoms with Crippen LogP contribution in [-0.4, -0.2) is 21.5 Å². The van der Waals surface area contributed by atoms with Gasteiger partial charge in [0, 0.05) is 11.6 Å². The Morgan fingerprint density at radius 1 is 1.28 bits per heavy atom. The maximum Gasteiger partial charge on any atom is 0.352 e. The lowest BCUT2D eigenvalue weighted by Gasteiger charge is -2.19. The van der Waals surface area contributed by atoms with Crippen molar-refractivity contribution in [3.63, 3.8) is 0 Å². The lowest BCUT2D eigenvalue weighted by Crippen LogP contribution is -2.27. The molecule has 134 valence electrons. The Bertz CT molecular complexity index is 799. The van der Waals surface area contributed by atoms with Crippen molar-refractivity contribution >= 4 is 37.8 Å². The SMILES string of the molecule is Cl.N=C(N)c1ccc(C(NC(=O)/C=C/c2ccco2)P(=O)(O)O)cc1. The van der Waals surface area contributed by atoms with E-state index in [-0.39, 0.29) is 23.8 Å². The fourth-order valence-corrected chi connectivity index (χ4v) is 2.79. The molecule has 0 spiro atoms. The Balaban J connectivity index is 0.00000312. The predicted octanol–water partition coefficient (Wildman–Crippen LogP) is 1.99. The number of nitrogens with two attached hydrogens (primary N) is 1. The number of halogens is 1. The van der Waals surface area contributed by atoms with Gasteiger partial charge in [-0.3, -0.25) is 14.8 Å². The van der Waals surface area contributed by atoms with E-state index in [9.17, 15) is 19.1 Å². The maximum atomic E-state index is 11.9. The van der Waals surface area contributed by atoms with E-state index in [1.807, 2.05) is 0 Å². The second-order valence-corrected chi connectivity index (χ2v) is 6.58. The molecular formula is C15H17ClN3O5P. The van der Waals surface area contributed by atoms with Crippen molar-refractivity contribution in [2.24, 2.45) is 5.73 Å². The van der Waals surface area contributed by atoms with Crippen molar-refractivity contribution in [2.45, 2.75) is 5.78 Å². The predicted molar refractivity (Wildman–Crippen MR) is 95.4 cm³/mol. The number of hydrogen-bond acceptors (Lipinski definition) is 4. The second-order valence-electron chi connectivity index (χ2n) is 4.88. The molecule has 0 aliphatic carbocycles. The van der Waals surface area contributed by atoms with E-state index in [0.717, 1.165) is 6.08 Å². The molecule has 2 aromatic rings. The van der Waals surface area contributed by atoms with E-state index in [1.165, 1.54) is 36.6 Å². The lowest BCUT2D eigenvalue weighted by atomic mass is 10.1. The van der Waals surface area contributed by atoms with Gasteiger partial charge in [0.15, 0.2) is 5.78 Å². The summed E-state index contributed by atoms with van der Waals surface area (Å²) in [7, 11) is -4.65.